The largest absolute Gasteiger partial charge is 0.455 e. The Morgan fingerprint density at radius 2 is 1.24 bits per heavy atom. The molecule has 0 spiro atoms. The van der Waals surface area contributed by atoms with Crippen molar-refractivity contribution in [3.05, 3.63) is 60.2 Å². The van der Waals surface area contributed by atoms with E-state index in [1.54, 1.807) is 6.07 Å². The molecule has 25 heavy (non-hydrogen) atoms. The number of carbonyl (C=O) groups excluding carboxylic acids is 1. The van der Waals surface area contributed by atoms with Crippen molar-refractivity contribution in [3.8, 4) is 22.6 Å². The molecule has 1 aromatic heterocycles. The fourth-order valence-corrected chi connectivity index (χ4v) is 2.70. The van der Waals surface area contributed by atoms with Gasteiger partial charge in [0, 0.05) is 50.7 Å². The summed E-state index contributed by atoms with van der Waals surface area (Å²) in [6, 6.07) is 17.8. The standard InChI is InChI=1S/C21H22N2O2/c1-22(2)18-9-5-15(6-10-18)20-13-17(14-24)21(25-20)16-7-11-19(12-8-16)23(3)4/h5-14H,1-4H3. The monoisotopic (exact) mass is 334 g/mol. The van der Waals surface area contributed by atoms with E-state index >= 15 is 0 Å². The van der Waals surface area contributed by atoms with Gasteiger partial charge >= 0.3 is 0 Å². The van der Waals surface area contributed by atoms with Crippen LogP contribution >= 0.6 is 0 Å². The van der Waals surface area contributed by atoms with Gasteiger partial charge in [-0.1, -0.05) is 0 Å². The average molecular weight is 334 g/mol. The number of benzene rings is 2. The summed E-state index contributed by atoms with van der Waals surface area (Å²) in [5.74, 6) is 1.30. The Balaban J connectivity index is 1.97. The van der Waals surface area contributed by atoms with Gasteiger partial charge in [-0.05, 0) is 54.6 Å². The molecule has 0 fully saturated rings. The Hall–Kier alpha value is -3.01. The minimum Gasteiger partial charge on any atom is -0.455 e. The maximum Gasteiger partial charge on any atom is 0.153 e. The molecule has 128 valence electrons. The van der Waals surface area contributed by atoms with Gasteiger partial charge in [0.25, 0.3) is 0 Å². The van der Waals surface area contributed by atoms with Crippen LogP contribution in [0.25, 0.3) is 22.6 Å². The second kappa shape index (κ2) is 6.85. The summed E-state index contributed by atoms with van der Waals surface area (Å²) in [6.07, 6.45) is 0.844. The van der Waals surface area contributed by atoms with Crippen LogP contribution in [-0.4, -0.2) is 34.5 Å². The number of carbonyl (C=O) groups is 1. The highest BCUT2D eigenvalue weighted by Gasteiger charge is 2.14. The van der Waals surface area contributed by atoms with Gasteiger partial charge < -0.3 is 14.2 Å². The molecule has 0 bridgehead atoms. The molecule has 0 radical (unpaired) electrons. The summed E-state index contributed by atoms with van der Waals surface area (Å²) in [5, 5.41) is 0. The molecule has 1 heterocycles. The molecule has 0 saturated heterocycles. The summed E-state index contributed by atoms with van der Waals surface area (Å²) < 4.78 is 6.02. The highest BCUT2D eigenvalue weighted by Crippen LogP contribution is 2.33. The van der Waals surface area contributed by atoms with Crippen LogP contribution in [-0.2, 0) is 0 Å². The fourth-order valence-electron chi connectivity index (χ4n) is 2.70. The van der Waals surface area contributed by atoms with E-state index in [-0.39, 0.29) is 0 Å². The minimum absolute atomic E-state index is 0.560. The third-order valence-electron chi connectivity index (χ3n) is 4.20. The molecule has 3 rings (SSSR count). The van der Waals surface area contributed by atoms with Crippen molar-refractivity contribution in [2.75, 3.05) is 38.0 Å². The molecule has 0 unspecified atom stereocenters. The molecule has 0 amide bonds. The van der Waals surface area contributed by atoms with E-state index in [4.69, 9.17) is 4.42 Å². The van der Waals surface area contributed by atoms with Crippen molar-refractivity contribution >= 4 is 17.7 Å². The van der Waals surface area contributed by atoms with Gasteiger partial charge in [-0.25, -0.2) is 0 Å². The lowest BCUT2D eigenvalue weighted by Gasteiger charge is -2.12. The molecule has 4 heteroatoms. The van der Waals surface area contributed by atoms with Crippen molar-refractivity contribution in [3.63, 3.8) is 0 Å². The number of hydrogen-bond acceptors (Lipinski definition) is 4. The summed E-state index contributed by atoms with van der Waals surface area (Å²) in [7, 11) is 7.99. The van der Waals surface area contributed by atoms with Crippen LogP contribution in [0.5, 0.6) is 0 Å². The zero-order valence-corrected chi connectivity index (χ0v) is 15.0. The van der Waals surface area contributed by atoms with Crippen molar-refractivity contribution in [1.29, 1.82) is 0 Å². The molecule has 0 atom stereocenters. The number of nitrogens with zero attached hydrogens (tertiary/aromatic N) is 2. The van der Waals surface area contributed by atoms with Gasteiger partial charge in [-0.15, -0.1) is 0 Å². The highest BCUT2D eigenvalue weighted by atomic mass is 16.3. The average Bonchev–Trinajstić information content (AvgIpc) is 3.06. The van der Waals surface area contributed by atoms with Gasteiger partial charge in [-0.2, -0.15) is 0 Å². The number of aldehydes is 1. The zero-order chi connectivity index (χ0) is 18.0. The van der Waals surface area contributed by atoms with Crippen LogP contribution in [0, 0.1) is 0 Å². The normalized spacial score (nSPS) is 10.6. The second-order valence-corrected chi connectivity index (χ2v) is 6.40. The summed E-state index contributed by atoms with van der Waals surface area (Å²) in [6.45, 7) is 0. The van der Waals surface area contributed by atoms with Crippen LogP contribution in [0.1, 0.15) is 10.4 Å². The maximum absolute atomic E-state index is 11.5. The van der Waals surface area contributed by atoms with Crippen LogP contribution in [0.15, 0.2) is 59.0 Å². The number of rotatable bonds is 5. The highest BCUT2D eigenvalue weighted by molar-refractivity contribution is 5.88. The first-order chi connectivity index (χ1) is 12.0. The lowest BCUT2D eigenvalue weighted by molar-refractivity contribution is 0.112. The van der Waals surface area contributed by atoms with Crippen LogP contribution in [0.4, 0.5) is 11.4 Å². The Labute approximate surface area is 148 Å². The topological polar surface area (TPSA) is 36.7 Å². The lowest BCUT2D eigenvalue weighted by atomic mass is 10.1. The van der Waals surface area contributed by atoms with Crippen molar-refractivity contribution < 1.29 is 9.21 Å². The SMILES string of the molecule is CN(C)c1ccc(-c2cc(C=O)c(-c3ccc(N(C)C)cc3)o2)cc1. The van der Waals surface area contributed by atoms with Gasteiger partial charge in [0.2, 0.25) is 0 Å². The first-order valence-electron chi connectivity index (χ1n) is 8.14. The van der Waals surface area contributed by atoms with Crippen molar-refractivity contribution in [2.24, 2.45) is 0 Å². The smallest absolute Gasteiger partial charge is 0.153 e. The Morgan fingerprint density at radius 3 is 1.68 bits per heavy atom. The van der Waals surface area contributed by atoms with Crippen molar-refractivity contribution in [2.45, 2.75) is 0 Å². The van der Waals surface area contributed by atoms with Crippen LogP contribution in [0.2, 0.25) is 0 Å². The van der Waals surface area contributed by atoms with E-state index in [9.17, 15) is 4.79 Å². The third-order valence-corrected chi connectivity index (χ3v) is 4.20. The number of anilines is 2. The lowest BCUT2D eigenvalue weighted by Crippen LogP contribution is -2.07. The van der Waals surface area contributed by atoms with E-state index in [1.165, 1.54) is 0 Å². The minimum atomic E-state index is 0.560. The molecular weight excluding hydrogens is 312 g/mol. The van der Waals surface area contributed by atoms with Gasteiger partial charge in [-0.3, -0.25) is 4.79 Å². The molecule has 0 saturated carbocycles. The Bertz CT molecular complexity index is 860. The summed E-state index contributed by atoms with van der Waals surface area (Å²) >= 11 is 0. The summed E-state index contributed by atoms with van der Waals surface area (Å²) in [4.78, 5) is 15.6. The molecular formula is C21H22N2O2. The molecule has 0 N–H and O–H groups in total. The fraction of sp³-hybridized carbons (Fsp3) is 0.190. The molecule has 3 aromatic rings. The predicted octanol–water partition coefficient (Wildman–Crippen LogP) is 4.56. The van der Waals surface area contributed by atoms with Gasteiger partial charge in [0.1, 0.15) is 11.5 Å². The summed E-state index contributed by atoms with van der Waals surface area (Å²) in [5.41, 5.74) is 4.62. The van der Waals surface area contributed by atoms with E-state index in [2.05, 4.69) is 0 Å². The predicted molar refractivity (Wildman–Crippen MR) is 104 cm³/mol. The van der Waals surface area contributed by atoms with Gasteiger partial charge in [0.15, 0.2) is 6.29 Å². The zero-order valence-electron chi connectivity index (χ0n) is 15.0. The maximum atomic E-state index is 11.5. The molecule has 0 aliphatic rings. The molecule has 0 aliphatic carbocycles. The van der Waals surface area contributed by atoms with Crippen LogP contribution < -0.4 is 9.80 Å². The quantitative estimate of drug-likeness (QED) is 0.641. The molecule has 4 nitrogen and oxygen atoms in total. The second-order valence-electron chi connectivity index (χ2n) is 6.40. The van der Waals surface area contributed by atoms with Crippen LogP contribution in [0.3, 0.4) is 0 Å². The molecule has 2 aromatic carbocycles. The van der Waals surface area contributed by atoms with E-state index in [0.29, 0.717) is 17.1 Å². The Morgan fingerprint density at radius 1 is 0.760 bits per heavy atom. The number of hydrogen-bond donors (Lipinski definition) is 0. The molecule has 0 aliphatic heterocycles. The Kier molecular flexibility index (Phi) is 4.61. The van der Waals surface area contributed by atoms with E-state index in [1.807, 2.05) is 86.5 Å². The first kappa shape index (κ1) is 16.8. The first-order valence-corrected chi connectivity index (χ1v) is 8.14. The van der Waals surface area contributed by atoms with Crippen molar-refractivity contribution in [1.82, 2.24) is 0 Å². The number of furan rings is 1. The van der Waals surface area contributed by atoms with E-state index in [0.717, 1.165) is 28.8 Å². The van der Waals surface area contributed by atoms with Gasteiger partial charge in [0.05, 0.1) is 5.56 Å². The third kappa shape index (κ3) is 3.43. The van der Waals surface area contributed by atoms with E-state index < -0.39 is 0 Å².